The predicted octanol–water partition coefficient (Wildman–Crippen LogP) is 1.11. The Balaban J connectivity index is 3.53. The summed E-state index contributed by atoms with van der Waals surface area (Å²) in [6.45, 7) is 1.62. The molecule has 1 aromatic carbocycles. The van der Waals surface area contributed by atoms with Crippen molar-refractivity contribution < 1.29 is 8.60 Å². The fraction of sp³-hybridized carbons (Fsp3) is 0.143. The number of benzene rings is 1. The van der Waals surface area contributed by atoms with Gasteiger partial charge < -0.3 is 0 Å². The molecule has 0 aliphatic carbocycles. The van der Waals surface area contributed by atoms with E-state index < -0.39 is 14.5 Å². The molecule has 0 radical (unpaired) electrons. The van der Waals surface area contributed by atoms with Crippen LogP contribution in [-0.4, -0.2) is 4.21 Å². The third kappa shape index (κ3) is 1.80. The number of rotatable bonds is 1. The van der Waals surface area contributed by atoms with Crippen LogP contribution < -0.4 is 5.14 Å². The zero-order valence-electron chi connectivity index (χ0n) is 6.41. The Labute approximate surface area is 75.4 Å². The fourth-order valence-corrected chi connectivity index (χ4v) is 2.47. The van der Waals surface area contributed by atoms with Crippen LogP contribution in [-0.2, 0) is 19.9 Å². The van der Waals surface area contributed by atoms with Gasteiger partial charge in [0, 0.05) is 11.2 Å². The molecule has 2 N–H and O–H groups in total. The van der Waals surface area contributed by atoms with E-state index in [-0.39, 0.29) is 4.90 Å². The van der Waals surface area contributed by atoms with Crippen LogP contribution in [0.2, 0.25) is 0 Å². The first-order chi connectivity index (χ1) is 5.43. The number of halogens is 1. The van der Waals surface area contributed by atoms with E-state index in [1.165, 1.54) is 12.1 Å². The Bertz CT molecular complexity index is 380. The lowest BCUT2D eigenvalue weighted by Gasteiger charge is -2.05. The second-order valence-electron chi connectivity index (χ2n) is 2.43. The highest BCUT2D eigenvalue weighted by Gasteiger charge is 2.12. The Morgan fingerprint density at radius 2 is 2.17 bits per heavy atom. The SMILES string of the molecule is Cc1cccc(F)c1S(N)(=O)=S. The van der Waals surface area contributed by atoms with E-state index in [0.29, 0.717) is 5.56 Å². The van der Waals surface area contributed by atoms with Gasteiger partial charge in [-0.25, -0.2) is 13.7 Å². The van der Waals surface area contributed by atoms with Crippen molar-refractivity contribution >= 4 is 19.9 Å². The van der Waals surface area contributed by atoms with Crippen LogP contribution in [0.5, 0.6) is 0 Å². The number of hydrogen-bond donors (Lipinski definition) is 1. The average molecular weight is 205 g/mol. The molecule has 1 unspecified atom stereocenters. The fourth-order valence-electron chi connectivity index (χ4n) is 0.977. The summed E-state index contributed by atoms with van der Waals surface area (Å²) >= 11 is 4.49. The molecule has 5 heteroatoms. The lowest BCUT2D eigenvalue weighted by Crippen LogP contribution is -2.14. The molecule has 0 bridgehead atoms. The van der Waals surface area contributed by atoms with Crippen molar-refractivity contribution in [2.24, 2.45) is 5.14 Å². The van der Waals surface area contributed by atoms with Gasteiger partial charge in [0.15, 0.2) is 0 Å². The number of aryl methyl sites for hydroxylation is 1. The van der Waals surface area contributed by atoms with Gasteiger partial charge >= 0.3 is 0 Å². The van der Waals surface area contributed by atoms with Gasteiger partial charge in [-0.2, -0.15) is 0 Å². The summed E-state index contributed by atoms with van der Waals surface area (Å²) in [5, 5.41) is 5.16. The molecule has 0 heterocycles. The van der Waals surface area contributed by atoms with Crippen molar-refractivity contribution in [1.82, 2.24) is 0 Å². The minimum atomic E-state index is -3.11. The van der Waals surface area contributed by atoms with Gasteiger partial charge in [0.05, 0.1) is 4.90 Å². The molecular weight excluding hydrogens is 197 g/mol. The maximum Gasteiger partial charge on any atom is 0.141 e. The van der Waals surface area contributed by atoms with Crippen molar-refractivity contribution in [1.29, 1.82) is 0 Å². The molecule has 0 spiro atoms. The maximum absolute atomic E-state index is 13.0. The quantitative estimate of drug-likeness (QED) is 0.746. The molecule has 0 fully saturated rings. The van der Waals surface area contributed by atoms with Crippen LogP contribution >= 0.6 is 0 Å². The van der Waals surface area contributed by atoms with E-state index >= 15 is 0 Å². The number of nitrogens with two attached hydrogens (primary N) is 1. The van der Waals surface area contributed by atoms with E-state index in [0.717, 1.165) is 0 Å². The van der Waals surface area contributed by atoms with Crippen LogP contribution in [0.4, 0.5) is 4.39 Å². The summed E-state index contributed by atoms with van der Waals surface area (Å²) in [6, 6.07) is 4.34. The standard InChI is InChI=1S/C7H8FNOS2/c1-5-3-2-4-6(8)7(5)12(9,10)11/h2-4H,1H3,(H2,9,10,11). The van der Waals surface area contributed by atoms with E-state index in [2.05, 4.69) is 11.2 Å². The summed E-state index contributed by atoms with van der Waals surface area (Å²) < 4.78 is 24.2. The van der Waals surface area contributed by atoms with Crippen LogP contribution in [0.1, 0.15) is 5.56 Å². The largest absolute Gasteiger partial charge is 0.247 e. The van der Waals surface area contributed by atoms with Crippen molar-refractivity contribution in [2.75, 3.05) is 0 Å². The van der Waals surface area contributed by atoms with Gasteiger partial charge in [-0.3, -0.25) is 0 Å². The smallest absolute Gasteiger partial charge is 0.141 e. The molecule has 1 rings (SSSR count). The summed E-state index contributed by atoms with van der Waals surface area (Å²) in [5.74, 6) is -0.600. The molecule has 1 atom stereocenters. The third-order valence-corrected chi connectivity index (χ3v) is 3.03. The summed E-state index contributed by atoms with van der Waals surface area (Å²) in [4.78, 5) is -0.0556. The highest BCUT2D eigenvalue weighted by atomic mass is 32.8. The molecule has 0 aliphatic heterocycles. The van der Waals surface area contributed by atoms with Crippen LogP contribution in [0.3, 0.4) is 0 Å². The van der Waals surface area contributed by atoms with Crippen molar-refractivity contribution in [3.8, 4) is 0 Å². The lowest BCUT2D eigenvalue weighted by molar-refractivity contribution is 0.592. The van der Waals surface area contributed by atoms with Gasteiger partial charge in [0.2, 0.25) is 0 Å². The minimum absolute atomic E-state index is 0.0556. The van der Waals surface area contributed by atoms with Crippen molar-refractivity contribution in [3.63, 3.8) is 0 Å². The van der Waals surface area contributed by atoms with Gasteiger partial charge in [0.25, 0.3) is 0 Å². The summed E-state index contributed by atoms with van der Waals surface area (Å²) in [6.07, 6.45) is 0. The average Bonchev–Trinajstić information content (AvgIpc) is 1.82. The highest BCUT2D eigenvalue weighted by Crippen LogP contribution is 2.16. The molecule has 0 aromatic heterocycles. The molecule has 12 heavy (non-hydrogen) atoms. The highest BCUT2D eigenvalue weighted by molar-refractivity contribution is 8.31. The van der Waals surface area contributed by atoms with E-state index in [4.69, 9.17) is 5.14 Å². The third-order valence-electron chi connectivity index (χ3n) is 1.45. The molecule has 0 aliphatic rings. The molecular formula is C7H8FNOS2. The first-order valence-corrected chi connectivity index (χ1v) is 5.75. The normalized spacial score (nSPS) is 15.6. The Morgan fingerprint density at radius 1 is 1.58 bits per heavy atom. The molecule has 2 nitrogen and oxygen atoms in total. The molecule has 0 saturated carbocycles. The topological polar surface area (TPSA) is 43.1 Å². The number of hydrogen-bond acceptors (Lipinski definition) is 2. The van der Waals surface area contributed by atoms with Gasteiger partial charge in [-0.05, 0) is 18.6 Å². The Morgan fingerprint density at radius 3 is 2.50 bits per heavy atom. The Hall–Kier alpha value is -0.520. The van der Waals surface area contributed by atoms with Crippen LogP contribution in [0, 0.1) is 12.7 Å². The van der Waals surface area contributed by atoms with Gasteiger partial charge in [-0.15, -0.1) is 0 Å². The molecule has 1 aromatic rings. The second kappa shape index (κ2) is 3.08. The van der Waals surface area contributed by atoms with E-state index in [1.807, 2.05) is 0 Å². The van der Waals surface area contributed by atoms with Crippen LogP contribution in [0.15, 0.2) is 23.1 Å². The van der Waals surface area contributed by atoms with E-state index in [9.17, 15) is 8.60 Å². The van der Waals surface area contributed by atoms with Gasteiger partial charge in [-0.1, -0.05) is 12.1 Å². The second-order valence-corrected chi connectivity index (χ2v) is 5.41. The monoisotopic (exact) mass is 205 g/mol. The van der Waals surface area contributed by atoms with E-state index in [1.54, 1.807) is 13.0 Å². The molecule has 0 amide bonds. The van der Waals surface area contributed by atoms with Crippen molar-refractivity contribution in [2.45, 2.75) is 11.8 Å². The summed E-state index contributed by atoms with van der Waals surface area (Å²) in [7, 11) is -3.11. The zero-order valence-corrected chi connectivity index (χ0v) is 8.05. The lowest BCUT2D eigenvalue weighted by atomic mass is 10.2. The summed E-state index contributed by atoms with van der Waals surface area (Å²) in [5.41, 5.74) is 0.525. The van der Waals surface area contributed by atoms with Gasteiger partial charge in [0.1, 0.15) is 14.5 Å². The Kier molecular flexibility index (Phi) is 2.46. The van der Waals surface area contributed by atoms with Crippen LogP contribution in [0.25, 0.3) is 0 Å². The molecule has 66 valence electrons. The first-order valence-electron chi connectivity index (χ1n) is 3.21. The van der Waals surface area contributed by atoms with Crippen molar-refractivity contribution in [3.05, 3.63) is 29.6 Å². The predicted molar refractivity (Wildman–Crippen MR) is 49.1 cm³/mol. The molecule has 0 saturated heterocycles. The minimum Gasteiger partial charge on any atom is -0.247 e. The first kappa shape index (κ1) is 9.57. The zero-order chi connectivity index (χ0) is 9.35. The maximum atomic E-state index is 13.0.